The molecule has 0 bridgehead atoms. The first-order valence-electron chi connectivity index (χ1n) is 6.39. The van der Waals surface area contributed by atoms with Gasteiger partial charge in [-0.15, -0.1) is 0 Å². The summed E-state index contributed by atoms with van der Waals surface area (Å²) in [7, 11) is 0. The molecule has 1 fully saturated rings. The predicted octanol–water partition coefficient (Wildman–Crippen LogP) is 1.70. The predicted molar refractivity (Wildman–Crippen MR) is 67.2 cm³/mol. The number of aromatic carboxylic acids is 1. The lowest BCUT2D eigenvalue weighted by molar-refractivity contribution is 0.0694. The average Bonchev–Trinajstić information content (AvgIpc) is 2.75. The van der Waals surface area contributed by atoms with Crippen molar-refractivity contribution < 1.29 is 9.90 Å². The van der Waals surface area contributed by atoms with E-state index in [1.807, 2.05) is 0 Å². The Balaban J connectivity index is 1.85. The van der Waals surface area contributed by atoms with Crippen LogP contribution in [-0.2, 0) is 6.54 Å². The van der Waals surface area contributed by atoms with E-state index >= 15 is 0 Å². The molecule has 0 amide bonds. The molecule has 1 heterocycles. The number of nitrogens with one attached hydrogen (secondary N) is 1. The van der Waals surface area contributed by atoms with Gasteiger partial charge in [-0.2, -0.15) is 0 Å². The standard InChI is InChI=1S/C13H19N3O2/c1-9-2-3-10(4-9)5-14-7-12-11(13(17)18)6-15-8-16-12/h6,8-10,14H,2-5,7H2,1H3,(H,17,18). The molecule has 0 saturated heterocycles. The molecule has 2 rings (SSSR count). The van der Waals surface area contributed by atoms with Crippen molar-refractivity contribution in [2.45, 2.75) is 32.7 Å². The summed E-state index contributed by atoms with van der Waals surface area (Å²) in [5.74, 6) is 0.572. The second-order valence-corrected chi connectivity index (χ2v) is 5.10. The van der Waals surface area contributed by atoms with Gasteiger partial charge in [-0.25, -0.2) is 14.8 Å². The number of aromatic nitrogens is 2. The monoisotopic (exact) mass is 249 g/mol. The van der Waals surface area contributed by atoms with Gasteiger partial charge in [0.2, 0.25) is 0 Å². The minimum Gasteiger partial charge on any atom is -0.478 e. The van der Waals surface area contributed by atoms with Gasteiger partial charge in [0.05, 0.1) is 5.69 Å². The van der Waals surface area contributed by atoms with Crippen molar-refractivity contribution in [2.75, 3.05) is 6.54 Å². The molecule has 1 aromatic rings. The van der Waals surface area contributed by atoms with Crippen LogP contribution < -0.4 is 5.32 Å². The van der Waals surface area contributed by atoms with Gasteiger partial charge in [0, 0.05) is 12.7 Å². The van der Waals surface area contributed by atoms with Crippen LogP contribution in [0.5, 0.6) is 0 Å². The van der Waals surface area contributed by atoms with Crippen LogP contribution in [0.2, 0.25) is 0 Å². The van der Waals surface area contributed by atoms with Gasteiger partial charge in [0.15, 0.2) is 0 Å². The smallest absolute Gasteiger partial charge is 0.339 e. The maximum atomic E-state index is 11.0. The summed E-state index contributed by atoms with van der Waals surface area (Å²) in [5.41, 5.74) is 0.744. The van der Waals surface area contributed by atoms with Crippen molar-refractivity contribution in [1.29, 1.82) is 0 Å². The summed E-state index contributed by atoms with van der Waals surface area (Å²) >= 11 is 0. The van der Waals surface area contributed by atoms with Crippen molar-refractivity contribution in [3.8, 4) is 0 Å². The van der Waals surface area contributed by atoms with E-state index in [2.05, 4.69) is 22.2 Å². The van der Waals surface area contributed by atoms with Crippen LogP contribution in [-0.4, -0.2) is 27.6 Å². The van der Waals surface area contributed by atoms with Gasteiger partial charge in [0.1, 0.15) is 11.9 Å². The number of nitrogens with zero attached hydrogens (tertiary/aromatic N) is 2. The van der Waals surface area contributed by atoms with Crippen LogP contribution in [0.15, 0.2) is 12.5 Å². The van der Waals surface area contributed by atoms with E-state index in [9.17, 15) is 4.79 Å². The van der Waals surface area contributed by atoms with E-state index < -0.39 is 5.97 Å². The lowest BCUT2D eigenvalue weighted by Crippen LogP contribution is -2.23. The van der Waals surface area contributed by atoms with Crippen molar-refractivity contribution in [2.24, 2.45) is 11.8 Å². The van der Waals surface area contributed by atoms with Gasteiger partial charge in [-0.05, 0) is 31.2 Å². The molecule has 2 atom stereocenters. The number of carboxylic acid groups (broad SMARTS) is 1. The first-order chi connectivity index (χ1) is 8.66. The lowest BCUT2D eigenvalue weighted by atomic mass is 10.1. The molecule has 2 unspecified atom stereocenters. The van der Waals surface area contributed by atoms with Gasteiger partial charge in [0.25, 0.3) is 0 Å². The molecule has 2 N–H and O–H groups in total. The molecule has 18 heavy (non-hydrogen) atoms. The van der Waals surface area contributed by atoms with Crippen molar-refractivity contribution in [1.82, 2.24) is 15.3 Å². The number of carboxylic acids is 1. The maximum Gasteiger partial charge on any atom is 0.339 e. The molecule has 0 aliphatic heterocycles. The molecule has 5 heteroatoms. The Hall–Kier alpha value is -1.49. The first kappa shape index (κ1) is 13.0. The largest absolute Gasteiger partial charge is 0.478 e. The summed E-state index contributed by atoms with van der Waals surface area (Å²) in [6, 6.07) is 0. The van der Waals surface area contributed by atoms with E-state index in [0.717, 1.165) is 18.4 Å². The van der Waals surface area contributed by atoms with Crippen LogP contribution in [0.25, 0.3) is 0 Å². The Kier molecular flexibility index (Phi) is 4.25. The van der Waals surface area contributed by atoms with E-state index in [1.54, 1.807) is 0 Å². The molecular weight excluding hydrogens is 230 g/mol. The Morgan fingerprint density at radius 2 is 2.39 bits per heavy atom. The fourth-order valence-corrected chi connectivity index (χ4v) is 2.58. The lowest BCUT2D eigenvalue weighted by Gasteiger charge is -2.11. The third-order valence-corrected chi connectivity index (χ3v) is 3.55. The van der Waals surface area contributed by atoms with Crippen molar-refractivity contribution >= 4 is 5.97 Å². The van der Waals surface area contributed by atoms with Crippen LogP contribution in [0.4, 0.5) is 0 Å². The molecule has 98 valence electrons. The van der Waals surface area contributed by atoms with Crippen molar-refractivity contribution in [3.05, 3.63) is 23.8 Å². The summed E-state index contributed by atoms with van der Waals surface area (Å²) in [5, 5.41) is 12.3. The fraction of sp³-hybridized carbons (Fsp3) is 0.615. The zero-order valence-corrected chi connectivity index (χ0v) is 10.6. The average molecular weight is 249 g/mol. The number of hydrogen-bond donors (Lipinski definition) is 2. The zero-order valence-electron chi connectivity index (χ0n) is 10.6. The Bertz CT molecular complexity index is 422. The summed E-state index contributed by atoms with van der Waals surface area (Å²) in [6.07, 6.45) is 6.58. The molecular formula is C13H19N3O2. The normalized spacial score (nSPS) is 23.2. The zero-order chi connectivity index (χ0) is 13.0. The van der Waals surface area contributed by atoms with E-state index in [-0.39, 0.29) is 5.56 Å². The molecule has 1 aromatic heterocycles. The van der Waals surface area contributed by atoms with Gasteiger partial charge in [-0.1, -0.05) is 13.3 Å². The summed E-state index contributed by atoms with van der Waals surface area (Å²) < 4.78 is 0. The maximum absolute atomic E-state index is 11.0. The second-order valence-electron chi connectivity index (χ2n) is 5.10. The highest BCUT2D eigenvalue weighted by atomic mass is 16.4. The Labute approximate surface area is 107 Å². The Morgan fingerprint density at radius 3 is 3.06 bits per heavy atom. The highest BCUT2D eigenvalue weighted by Gasteiger charge is 2.21. The molecule has 0 aromatic carbocycles. The topological polar surface area (TPSA) is 75.1 Å². The SMILES string of the molecule is CC1CCC(CNCc2ncncc2C(=O)O)C1. The third kappa shape index (κ3) is 3.26. The Morgan fingerprint density at radius 1 is 1.56 bits per heavy atom. The second kappa shape index (κ2) is 5.91. The quantitative estimate of drug-likeness (QED) is 0.830. The minimum atomic E-state index is -0.970. The van der Waals surface area contributed by atoms with E-state index in [0.29, 0.717) is 12.2 Å². The molecule has 1 aliphatic carbocycles. The number of rotatable bonds is 5. The highest BCUT2D eigenvalue weighted by Crippen LogP contribution is 2.29. The molecule has 0 radical (unpaired) electrons. The van der Waals surface area contributed by atoms with E-state index in [1.165, 1.54) is 31.8 Å². The summed E-state index contributed by atoms with van der Waals surface area (Å²) in [4.78, 5) is 18.7. The molecule has 1 aliphatic rings. The molecule has 1 saturated carbocycles. The van der Waals surface area contributed by atoms with Crippen LogP contribution >= 0.6 is 0 Å². The number of hydrogen-bond acceptors (Lipinski definition) is 4. The van der Waals surface area contributed by atoms with Crippen LogP contribution in [0.1, 0.15) is 42.2 Å². The van der Waals surface area contributed by atoms with Crippen LogP contribution in [0.3, 0.4) is 0 Å². The fourth-order valence-electron chi connectivity index (χ4n) is 2.58. The van der Waals surface area contributed by atoms with E-state index in [4.69, 9.17) is 5.11 Å². The first-order valence-corrected chi connectivity index (χ1v) is 6.39. The number of carbonyl (C=O) groups is 1. The van der Waals surface area contributed by atoms with Crippen molar-refractivity contribution in [3.63, 3.8) is 0 Å². The molecule has 0 spiro atoms. The third-order valence-electron chi connectivity index (χ3n) is 3.55. The molecule has 5 nitrogen and oxygen atoms in total. The van der Waals surface area contributed by atoms with Gasteiger partial charge < -0.3 is 10.4 Å². The van der Waals surface area contributed by atoms with Gasteiger partial charge in [-0.3, -0.25) is 0 Å². The van der Waals surface area contributed by atoms with Gasteiger partial charge >= 0.3 is 5.97 Å². The highest BCUT2D eigenvalue weighted by molar-refractivity contribution is 5.88. The minimum absolute atomic E-state index is 0.185. The summed E-state index contributed by atoms with van der Waals surface area (Å²) in [6.45, 7) is 3.72. The van der Waals surface area contributed by atoms with Crippen LogP contribution in [0, 0.1) is 11.8 Å².